The van der Waals surface area contributed by atoms with Gasteiger partial charge in [-0.1, -0.05) is 18.6 Å². The van der Waals surface area contributed by atoms with Crippen LogP contribution in [0.5, 0.6) is 0 Å². The minimum absolute atomic E-state index is 0.117. The zero-order valence-electron chi connectivity index (χ0n) is 8.98. The monoisotopic (exact) mass is 223 g/mol. The average Bonchev–Trinajstić information content (AvgIpc) is 2.63. The van der Waals surface area contributed by atoms with Crippen LogP contribution in [0.3, 0.4) is 0 Å². The summed E-state index contributed by atoms with van der Waals surface area (Å²) in [6, 6.07) is 8.04. The fraction of sp³-hybridized carbons (Fsp3) is 0.500. The zero-order chi connectivity index (χ0) is 10.8. The van der Waals surface area contributed by atoms with Crippen molar-refractivity contribution in [1.29, 1.82) is 0 Å². The van der Waals surface area contributed by atoms with Crippen LogP contribution in [-0.2, 0) is 10.8 Å². The van der Waals surface area contributed by atoms with Crippen LogP contribution in [0.4, 0.5) is 0 Å². The Kier molecular flexibility index (Phi) is 3.22. The lowest BCUT2D eigenvalue weighted by atomic mass is 10.2. The lowest BCUT2D eigenvalue weighted by molar-refractivity contribution is 0.648. The second-order valence-electron chi connectivity index (χ2n) is 4.25. The van der Waals surface area contributed by atoms with E-state index >= 15 is 0 Å². The van der Waals surface area contributed by atoms with Crippen molar-refractivity contribution in [3.63, 3.8) is 0 Å². The highest BCUT2D eigenvalue weighted by Crippen LogP contribution is 2.26. The van der Waals surface area contributed by atoms with Crippen LogP contribution < -0.4 is 5.73 Å². The van der Waals surface area contributed by atoms with Gasteiger partial charge in [0, 0.05) is 10.9 Å². The van der Waals surface area contributed by atoms with Crippen molar-refractivity contribution in [1.82, 2.24) is 0 Å². The number of aryl methyl sites for hydroxylation is 1. The van der Waals surface area contributed by atoms with Gasteiger partial charge in [-0.05, 0) is 37.5 Å². The highest BCUT2D eigenvalue weighted by atomic mass is 32.2. The number of nitrogens with two attached hydrogens (primary N) is 1. The van der Waals surface area contributed by atoms with Gasteiger partial charge in [-0.15, -0.1) is 0 Å². The number of benzene rings is 1. The molecule has 2 N–H and O–H groups in total. The molecule has 1 aromatic rings. The molecule has 3 atom stereocenters. The van der Waals surface area contributed by atoms with E-state index in [1.165, 1.54) is 0 Å². The normalized spacial score (nSPS) is 27.9. The molecule has 3 heteroatoms. The SMILES string of the molecule is Cc1cccc(S(=O)C2CCCC2N)c1. The van der Waals surface area contributed by atoms with Gasteiger partial charge in [0.15, 0.2) is 0 Å². The van der Waals surface area contributed by atoms with Gasteiger partial charge in [0.1, 0.15) is 0 Å². The molecule has 82 valence electrons. The first-order chi connectivity index (χ1) is 7.18. The molecule has 0 saturated heterocycles. The van der Waals surface area contributed by atoms with E-state index in [2.05, 4.69) is 0 Å². The summed E-state index contributed by atoms with van der Waals surface area (Å²) in [7, 11) is -0.924. The first kappa shape index (κ1) is 10.8. The summed E-state index contributed by atoms with van der Waals surface area (Å²) in [5, 5.41) is 0.159. The van der Waals surface area contributed by atoms with Gasteiger partial charge in [0.2, 0.25) is 0 Å². The molecule has 0 radical (unpaired) electrons. The molecule has 1 aliphatic rings. The molecular weight excluding hydrogens is 206 g/mol. The molecule has 0 amide bonds. The van der Waals surface area contributed by atoms with Crippen LogP contribution in [-0.4, -0.2) is 15.5 Å². The summed E-state index contributed by atoms with van der Waals surface area (Å²) in [6.45, 7) is 2.02. The van der Waals surface area contributed by atoms with Gasteiger partial charge in [0.25, 0.3) is 0 Å². The highest BCUT2D eigenvalue weighted by Gasteiger charge is 2.29. The van der Waals surface area contributed by atoms with Crippen molar-refractivity contribution >= 4 is 10.8 Å². The minimum atomic E-state index is -0.924. The molecule has 1 aliphatic carbocycles. The summed E-state index contributed by atoms with van der Waals surface area (Å²) >= 11 is 0. The average molecular weight is 223 g/mol. The van der Waals surface area contributed by atoms with Crippen molar-refractivity contribution in [3.05, 3.63) is 29.8 Å². The van der Waals surface area contributed by atoms with Gasteiger partial charge >= 0.3 is 0 Å². The smallest absolute Gasteiger partial charge is 0.0576 e. The van der Waals surface area contributed by atoms with Crippen LogP contribution >= 0.6 is 0 Å². The maximum Gasteiger partial charge on any atom is 0.0576 e. The van der Waals surface area contributed by atoms with Crippen LogP contribution in [0.2, 0.25) is 0 Å². The number of hydrogen-bond acceptors (Lipinski definition) is 2. The Hall–Kier alpha value is -0.670. The van der Waals surface area contributed by atoms with Gasteiger partial charge in [-0.3, -0.25) is 4.21 Å². The predicted octanol–water partition coefficient (Wildman–Crippen LogP) is 1.98. The molecule has 0 spiro atoms. The Labute approximate surface area is 93.3 Å². The largest absolute Gasteiger partial charge is 0.327 e. The zero-order valence-corrected chi connectivity index (χ0v) is 9.80. The summed E-state index contributed by atoms with van der Waals surface area (Å²) < 4.78 is 12.2. The topological polar surface area (TPSA) is 43.1 Å². The molecular formula is C12H17NOS. The highest BCUT2D eigenvalue weighted by molar-refractivity contribution is 7.85. The van der Waals surface area contributed by atoms with E-state index in [0.717, 1.165) is 29.7 Å². The van der Waals surface area contributed by atoms with Crippen LogP contribution in [0, 0.1) is 6.92 Å². The molecule has 3 unspecified atom stereocenters. The fourth-order valence-corrected chi connectivity index (χ4v) is 3.83. The third kappa shape index (κ3) is 2.29. The summed E-state index contributed by atoms with van der Waals surface area (Å²) in [5.74, 6) is 0. The lowest BCUT2D eigenvalue weighted by Gasteiger charge is -2.14. The van der Waals surface area contributed by atoms with E-state index in [1.54, 1.807) is 0 Å². The molecule has 0 heterocycles. The molecule has 1 fully saturated rings. The van der Waals surface area contributed by atoms with E-state index in [0.29, 0.717) is 0 Å². The molecule has 0 aliphatic heterocycles. The maximum absolute atomic E-state index is 12.2. The van der Waals surface area contributed by atoms with E-state index in [-0.39, 0.29) is 11.3 Å². The van der Waals surface area contributed by atoms with Gasteiger partial charge < -0.3 is 5.73 Å². The molecule has 1 saturated carbocycles. The molecule has 15 heavy (non-hydrogen) atoms. The lowest BCUT2D eigenvalue weighted by Crippen LogP contribution is -2.32. The third-order valence-corrected chi connectivity index (χ3v) is 4.85. The summed E-state index contributed by atoms with van der Waals surface area (Å²) in [4.78, 5) is 0.928. The van der Waals surface area contributed by atoms with Crippen molar-refractivity contribution in [2.75, 3.05) is 0 Å². The molecule has 1 aromatic carbocycles. The van der Waals surface area contributed by atoms with E-state index in [9.17, 15) is 4.21 Å². The standard InChI is InChI=1S/C12H17NOS/c1-9-4-2-5-10(8-9)15(14)12-7-3-6-11(12)13/h2,4-5,8,11-12H,3,6-7,13H2,1H3. The molecule has 0 aromatic heterocycles. The van der Waals surface area contributed by atoms with Crippen LogP contribution in [0.25, 0.3) is 0 Å². The van der Waals surface area contributed by atoms with Gasteiger partial charge in [0.05, 0.1) is 16.0 Å². The Morgan fingerprint density at radius 3 is 2.80 bits per heavy atom. The van der Waals surface area contributed by atoms with Crippen molar-refractivity contribution in [2.24, 2.45) is 5.73 Å². The Morgan fingerprint density at radius 1 is 1.40 bits per heavy atom. The summed E-state index contributed by atoms with van der Waals surface area (Å²) in [5.41, 5.74) is 7.12. The first-order valence-corrected chi connectivity index (χ1v) is 6.62. The fourth-order valence-electron chi connectivity index (χ4n) is 2.14. The van der Waals surface area contributed by atoms with Gasteiger partial charge in [-0.2, -0.15) is 0 Å². The van der Waals surface area contributed by atoms with Gasteiger partial charge in [-0.25, -0.2) is 0 Å². The maximum atomic E-state index is 12.2. The Morgan fingerprint density at radius 2 is 2.20 bits per heavy atom. The van der Waals surface area contributed by atoms with E-state index in [1.807, 2.05) is 31.2 Å². The van der Waals surface area contributed by atoms with Crippen LogP contribution in [0.1, 0.15) is 24.8 Å². The van der Waals surface area contributed by atoms with Crippen LogP contribution in [0.15, 0.2) is 29.2 Å². The second-order valence-corrected chi connectivity index (χ2v) is 5.92. The Bertz CT molecular complexity index is 378. The Balaban J connectivity index is 2.20. The third-order valence-electron chi connectivity index (χ3n) is 3.00. The first-order valence-electron chi connectivity index (χ1n) is 5.41. The van der Waals surface area contributed by atoms with Crippen molar-refractivity contribution in [3.8, 4) is 0 Å². The molecule has 2 nitrogen and oxygen atoms in total. The minimum Gasteiger partial charge on any atom is -0.327 e. The van der Waals surface area contributed by atoms with E-state index in [4.69, 9.17) is 5.73 Å². The van der Waals surface area contributed by atoms with Crippen molar-refractivity contribution in [2.45, 2.75) is 42.4 Å². The molecule has 0 bridgehead atoms. The van der Waals surface area contributed by atoms with E-state index < -0.39 is 10.8 Å². The van der Waals surface area contributed by atoms with Crippen molar-refractivity contribution < 1.29 is 4.21 Å². The number of hydrogen-bond donors (Lipinski definition) is 1. The second kappa shape index (κ2) is 4.45. The number of rotatable bonds is 2. The predicted molar refractivity (Wildman–Crippen MR) is 63.2 cm³/mol. The molecule has 2 rings (SSSR count). The summed E-state index contributed by atoms with van der Waals surface area (Å²) in [6.07, 6.45) is 3.13. The quantitative estimate of drug-likeness (QED) is 0.833.